The smallest absolute Gasteiger partial charge is 0.255 e. The fraction of sp³-hybridized carbons (Fsp3) is 0.562. The van der Waals surface area contributed by atoms with Gasteiger partial charge >= 0.3 is 0 Å². The number of likely N-dealkylation sites (tertiary alicyclic amines) is 2. The topological polar surface area (TPSA) is 23.6 Å². The van der Waals surface area contributed by atoms with Crippen LogP contribution in [0.4, 0.5) is 0 Å². The van der Waals surface area contributed by atoms with Gasteiger partial charge in [0, 0.05) is 19.1 Å². The lowest BCUT2D eigenvalue weighted by atomic mass is 10.1. The van der Waals surface area contributed by atoms with Gasteiger partial charge in [-0.05, 0) is 50.9 Å². The number of amides is 1. The SMILES string of the molecule is O=C(c1ccccc1Cl)N1CCC[C@H]1CN1CCCC1. The number of rotatable bonds is 3. The number of benzene rings is 1. The van der Waals surface area contributed by atoms with Gasteiger partial charge in [-0.1, -0.05) is 23.7 Å². The predicted molar refractivity (Wildman–Crippen MR) is 81.2 cm³/mol. The second-order valence-electron chi connectivity index (χ2n) is 5.78. The van der Waals surface area contributed by atoms with Crippen LogP contribution in [0.25, 0.3) is 0 Å². The van der Waals surface area contributed by atoms with Crippen molar-refractivity contribution >= 4 is 17.5 Å². The van der Waals surface area contributed by atoms with Crippen molar-refractivity contribution in [1.82, 2.24) is 9.80 Å². The Labute approximate surface area is 125 Å². The van der Waals surface area contributed by atoms with Crippen LogP contribution in [-0.4, -0.2) is 47.9 Å². The Morgan fingerprint density at radius 2 is 1.90 bits per heavy atom. The highest BCUT2D eigenvalue weighted by molar-refractivity contribution is 6.33. The molecule has 108 valence electrons. The molecule has 1 atom stereocenters. The van der Waals surface area contributed by atoms with E-state index in [0.29, 0.717) is 16.6 Å². The van der Waals surface area contributed by atoms with Crippen LogP contribution in [0.5, 0.6) is 0 Å². The molecular formula is C16H21ClN2O. The second kappa shape index (κ2) is 6.15. The van der Waals surface area contributed by atoms with Gasteiger partial charge in [-0.3, -0.25) is 4.79 Å². The van der Waals surface area contributed by atoms with Crippen LogP contribution in [0.15, 0.2) is 24.3 Å². The molecule has 0 unspecified atom stereocenters. The monoisotopic (exact) mass is 292 g/mol. The molecule has 1 aromatic carbocycles. The van der Waals surface area contributed by atoms with Crippen LogP contribution in [0.1, 0.15) is 36.0 Å². The predicted octanol–water partition coefficient (Wildman–Crippen LogP) is 3.04. The van der Waals surface area contributed by atoms with Gasteiger partial charge in [0.15, 0.2) is 0 Å². The van der Waals surface area contributed by atoms with Crippen LogP contribution in [-0.2, 0) is 0 Å². The maximum absolute atomic E-state index is 12.7. The third-order valence-electron chi connectivity index (χ3n) is 4.41. The van der Waals surface area contributed by atoms with Crippen molar-refractivity contribution in [3.8, 4) is 0 Å². The second-order valence-corrected chi connectivity index (χ2v) is 6.19. The van der Waals surface area contributed by atoms with E-state index in [-0.39, 0.29) is 5.91 Å². The van der Waals surface area contributed by atoms with Gasteiger partial charge in [0.05, 0.1) is 10.6 Å². The van der Waals surface area contributed by atoms with Gasteiger partial charge in [0.1, 0.15) is 0 Å². The first-order chi connectivity index (χ1) is 9.75. The zero-order valence-corrected chi connectivity index (χ0v) is 12.5. The Bertz CT molecular complexity index is 485. The van der Waals surface area contributed by atoms with Gasteiger partial charge in [-0.2, -0.15) is 0 Å². The van der Waals surface area contributed by atoms with Crippen molar-refractivity contribution < 1.29 is 4.79 Å². The highest BCUT2D eigenvalue weighted by atomic mass is 35.5. The third-order valence-corrected chi connectivity index (χ3v) is 4.74. The highest BCUT2D eigenvalue weighted by Gasteiger charge is 2.31. The van der Waals surface area contributed by atoms with Crippen molar-refractivity contribution in [2.75, 3.05) is 26.2 Å². The molecule has 0 aromatic heterocycles. The van der Waals surface area contributed by atoms with E-state index in [1.54, 1.807) is 6.07 Å². The normalized spacial score (nSPS) is 23.4. The standard InChI is InChI=1S/C16H21ClN2O/c17-15-8-2-1-7-14(15)16(20)19-11-5-6-13(19)12-18-9-3-4-10-18/h1-2,7-8,13H,3-6,9-12H2/t13-/m0/s1. The summed E-state index contributed by atoms with van der Waals surface area (Å²) >= 11 is 6.16. The lowest BCUT2D eigenvalue weighted by Gasteiger charge is -2.28. The first kappa shape index (κ1) is 13.9. The molecule has 2 fully saturated rings. The zero-order chi connectivity index (χ0) is 13.9. The Balaban J connectivity index is 1.71. The number of carbonyl (C=O) groups excluding carboxylic acids is 1. The maximum Gasteiger partial charge on any atom is 0.255 e. The molecule has 0 radical (unpaired) electrons. The van der Waals surface area contributed by atoms with E-state index in [1.165, 1.54) is 25.9 Å². The minimum atomic E-state index is 0.0947. The summed E-state index contributed by atoms with van der Waals surface area (Å²) in [7, 11) is 0. The lowest BCUT2D eigenvalue weighted by Crippen LogP contribution is -2.42. The zero-order valence-electron chi connectivity index (χ0n) is 11.7. The Morgan fingerprint density at radius 1 is 1.15 bits per heavy atom. The highest BCUT2D eigenvalue weighted by Crippen LogP contribution is 2.25. The van der Waals surface area contributed by atoms with E-state index in [0.717, 1.165) is 25.9 Å². The van der Waals surface area contributed by atoms with Crippen molar-refractivity contribution in [3.05, 3.63) is 34.9 Å². The van der Waals surface area contributed by atoms with Crippen LogP contribution < -0.4 is 0 Å². The van der Waals surface area contributed by atoms with Gasteiger partial charge in [-0.25, -0.2) is 0 Å². The molecule has 3 nitrogen and oxygen atoms in total. The lowest BCUT2D eigenvalue weighted by molar-refractivity contribution is 0.0709. The summed E-state index contributed by atoms with van der Waals surface area (Å²) in [6.07, 6.45) is 4.82. The average molecular weight is 293 g/mol. The fourth-order valence-corrected chi connectivity index (χ4v) is 3.56. The number of carbonyl (C=O) groups is 1. The summed E-state index contributed by atoms with van der Waals surface area (Å²) in [5, 5.41) is 0.560. The maximum atomic E-state index is 12.7. The van der Waals surface area contributed by atoms with Crippen LogP contribution in [0, 0.1) is 0 Å². The fourth-order valence-electron chi connectivity index (χ4n) is 3.35. The van der Waals surface area contributed by atoms with Gasteiger partial charge < -0.3 is 9.80 Å². The number of hydrogen-bond donors (Lipinski definition) is 0. The van der Waals surface area contributed by atoms with E-state index in [9.17, 15) is 4.79 Å². The van der Waals surface area contributed by atoms with E-state index in [2.05, 4.69) is 4.90 Å². The molecule has 2 heterocycles. The Morgan fingerprint density at radius 3 is 2.65 bits per heavy atom. The summed E-state index contributed by atoms with van der Waals surface area (Å²) in [5.41, 5.74) is 0.641. The molecule has 0 N–H and O–H groups in total. The molecule has 0 spiro atoms. The van der Waals surface area contributed by atoms with E-state index in [1.807, 2.05) is 23.1 Å². The molecule has 2 aliphatic rings. The van der Waals surface area contributed by atoms with Gasteiger partial charge in [-0.15, -0.1) is 0 Å². The molecule has 1 amide bonds. The van der Waals surface area contributed by atoms with Crippen LogP contribution in [0.2, 0.25) is 5.02 Å². The van der Waals surface area contributed by atoms with Crippen molar-refractivity contribution in [3.63, 3.8) is 0 Å². The van der Waals surface area contributed by atoms with E-state index < -0.39 is 0 Å². The quantitative estimate of drug-likeness (QED) is 0.855. The van der Waals surface area contributed by atoms with E-state index >= 15 is 0 Å². The third kappa shape index (κ3) is 2.84. The van der Waals surface area contributed by atoms with Gasteiger partial charge in [0.2, 0.25) is 0 Å². The number of halogens is 1. The molecular weight excluding hydrogens is 272 g/mol. The molecule has 3 rings (SSSR count). The van der Waals surface area contributed by atoms with Crippen molar-refractivity contribution in [1.29, 1.82) is 0 Å². The molecule has 4 heteroatoms. The Kier molecular flexibility index (Phi) is 4.27. The Hall–Kier alpha value is -1.06. The van der Waals surface area contributed by atoms with Crippen molar-refractivity contribution in [2.45, 2.75) is 31.7 Å². The minimum Gasteiger partial charge on any atom is -0.334 e. The van der Waals surface area contributed by atoms with Crippen LogP contribution >= 0.6 is 11.6 Å². The summed E-state index contributed by atoms with van der Waals surface area (Å²) in [5.74, 6) is 0.0947. The molecule has 20 heavy (non-hydrogen) atoms. The van der Waals surface area contributed by atoms with Crippen molar-refractivity contribution in [2.24, 2.45) is 0 Å². The van der Waals surface area contributed by atoms with E-state index in [4.69, 9.17) is 11.6 Å². The molecule has 2 saturated heterocycles. The molecule has 0 bridgehead atoms. The summed E-state index contributed by atoms with van der Waals surface area (Å²) < 4.78 is 0. The first-order valence-electron chi connectivity index (χ1n) is 7.53. The summed E-state index contributed by atoms with van der Waals surface area (Å²) in [6.45, 7) is 4.26. The first-order valence-corrected chi connectivity index (χ1v) is 7.91. The largest absolute Gasteiger partial charge is 0.334 e. The summed E-state index contributed by atoms with van der Waals surface area (Å²) in [6, 6.07) is 7.72. The van der Waals surface area contributed by atoms with Gasteiger partial charge in [0.25, 0.3) is 5.91 Å². The summed E-state index contributed by atoms with van der Waals surface area (Å²) in [4.78, 5) is 17.2. The minimum absolute atomic E-state index is 0.0947. The molecule has 2 aliphatic heterocycles. The average Bonchev–Trinajstić information content (AvgIpc) is 3.11. The van der Waals surface area contributed by atoms with Crippen LogP contribution in [0.3, 0.4) is 0 Å². The molecule has 0 aliphatic carbocycles. The molecule has 0 saturated carbocycles. The molecule has 1 aromatic rings. The number of hydrogen-bond acceptors (Lipinski definition) is 2. The number of nitrogens with zero attached hydrogens (tertiary/aromatic N) is 2.